The summed E-state index contributed by atoms with van der Waals surface area (Å²) in [4.78, 5) is 4.08. The van der Waals surface area contributed by atoms with Crippen LogP contribution in [0.4, 0.5) is 0 Å². The van der Waals surface area contributed by atoms with E-state index in [1.807, 2.05) is 24.4 Å². The monoisotopic (exact) mass is 312 g/mol. The van der Waals surface area contributed by atoms with Crippen LogP contribution >= 0.6 is 28.3 Å². The third kappa shape index (κ3) is 4.86. The molecule has 2 nitrogen and oxygen atoms in total. The highest BCUT2D eigenvalue weighted by molar-refractivity contribution is 9.10. The minimum Gasteiger partial charge on any atom is -0.309 e. The molecule has 0 radical (unpaired) electrons. The van der Waals surface area contributed by atoms with E-state index in [-0.39, 0.29) is 12.4 Å². The van der Waals surface area contributed by atoms with Gasteiger partial charge in [0.25, 0.3) is 0 Å². The van der Waals surface area contributed by atoms with E-state index in [4.69, 9.17) is 0 Å². The largest absolute Gasteiger partial charge is 0.309 e. The third-order valence-electron chi connectivity index (χ3n) is 2.27. The lowest BCUT2D eigenvalue weighted by atomic mass is 10.2. The van der Waals surface area contributed by atoms with Gasteiger partial charge in [0, 0.05) is 30.0 Å². The molecule has 0 saturated heterocycles. The van der Waals surface area contributed by atoms with Crippen molar-refractivity contribution < 1.29 is 0 Å². The smallest absolute Gasteiger partial charge is 0.0312 e. The van der Waals surface area contributed by atoms with Gasteiger partial charge < -0.3 is 5.32 Å². The van der Waals surface area contributed by atoms with Gasteiger partial charge >= 0.3 is 0 Å². The normalized spacial score (nSPS) is 9.71. The van der Waals surface area contributed by atoms with Gasteiger partial charge in [-0.2, -0.15) is 0 Å². The molecule has 0 spiro atoms. The van der Waals surface area contributed by atoms with Crippen molar-refractivity contribution in [3.05, 3.63) is 64.4 Å². The number of hydrogen-bond donors (Lipinski definition) is 1. The second-order valence-corrected chi connectivity index (χ2v) is 4.51. The molecule has 0 saturated carbocycles. The molecule has 1 aromatic carbocycles. The molecule has 2 rings (SSSR count). The Morgan fingerprint density at radius 3 is 2.53 bits per heavy atom. The van der Waals surface area contributed by atoms with Crippen molar-refractivity contribution in [2.24, 2.45) is 0 Å². The minimum atomic E-state index is 0. The van der Waals surface area contributed by atoms with Crippen molar-refractivity contribution in [3.63, 3.8) is 0 Å². The number of rotatable bonds is 4. The standard InChI is InChI=1S/C13H13BrN2.ClH/c14-13-5-1-3-11(7-13)8-16-10-12-4-2-6-15-9-12;/h1-7,9,16H,8,10H2;1H. The summed E-state index contributed by atoms with van der Waals surface area (Å²) in [6.07, 6.45) is 3.67. The van der Waals surface area contributed by atoms with Gasteiger partial charge in [0.1, 0.15) is 0 Å². The predicted octanol–water partition coefficient (Wildman–Crippen LogP) is 3.56. The molecule has 90 valence electrons. The second-order valence-electron chi connectivity index (χ2n) is 3.59. The lowest BCUT2D eigenvalue weighted by molar-refractivity contribution is 0.691. The molecule has 0 fully saturated rings. The maximum absolute atomic E-state index is 4.08. The first-order valence-corrected chi connectivity index (χ1v) is 5.98. The van der Waals surface area contributed by atoms with Crippen molar-refractivity contribution in [1.29, 1.82) is 0 Å². The quantitative estimate of drug-likeness (QED) is 0.933. The summed E-state index contributed by atoms with van der Waals surface area (Å²) in [7, 11) is 0. The summed E-state index contributed by atoms with van der Waals surface area (Å²) < 4.78 is 1.12. The zero-order chi connectivity index (χ0) is 11.2. The molecular weight excluding hydrogens is 300 g/mol. The Kier molecular flexibility index (Phi) is 6.19. The van der Waals surface area contributed by atoms with Gasteiger partial charge in [-0.1, -0.05) is 34.1 Å². The molecule has 0 aliphatic rings. The fourth-order valence-corrected chi connectivity index (χ4v) is 1.95. The highest BCUT2D eigenvalue weighted by Gasteiger charge is 1.94. The highest BCUT2D eigenvalue weighted by Crippen LogP contribution is 2.11. The molecule has 0 aliphatic carbocycles. The molecule has 0 unspecified atom stereocenters. The molecule has 1 N–H and O–H groups in total. The fraction of sp³-hybridized carbons (Fsp3) is 0.154. The summed E-state index contributed by atoms with van der Waals surface area (Å²) in [5.74, 6) is 0. The maximum Gasteiger partial charge on any atom is 0.0312 e. The van der Waals surface area contributed by atoms with Crippen LogP contribution in [0.15, 0.2) is 53.3 Å². The topological polar surface area (TPSA) is 24.9 Å². The van der Waals surface area contributed by atoms with Crippen molar-refractivity contribution in [2.45, 2.75) is 13.1 Å². The summed E-state index contributed by atoms with van der Waals surface area (Å²) in [5, 5.41) is 3.38. The second kappa shape index (κ2) is 7.43. The minimum absolute atomic E-state index is 0. The van der Waals surface area contributed by atoms with Crippen molar-refractivity contribution in [1.82, 2.24) is 10.3 Å². The summed E-state index contributed by atoms with van der Waals surface area (Å²) in [6, 6.07) is 12.3. The predicted molar refractivity (Wildman–Crippen MR) is 76.2 cm³/mol. The van der Waals surface area contributed by atoms with Crippen LogP contribution in [0, 0.1) is 0 Å². The van der Waals surface area contributed by atoms with Gasteiger partial charge in [0.2, 0.25) is 0 Å². The zero-order valence-corrected chi connectivity index (χ0v) is 11.7. The molecule has 0 atom stereocenters. The van der Waals surface area contributed by atoms with Gasteiger partial charge in [-0.15, -0.1) is 12.4 Å². The Labute approximate surface area is 116 Å². The summed E-state index contributed by atoms with van der Waals surface area (Å²) in [5.41, 5.74) is 2.48. The van der Waals surface area contributed by atoms with Gasteiger partial charge in [0.15, 0.2) is 0 Å². The number of nitrogens with one attached hydrogen (secondary N) is 1. The molecule has 2 aromatic rings. The lowest BCUT2D eigenvalue weighted by Crippen LogP contribution is -2.12. The van der Waals surface area contributed by atoms with Gasteiger partial charge in [-0.25, -0.2) is 0 Å². The van der Waals surface area contributed by atoms with Crippen LogP contribution in [0.5, 0.6) is 0 Å². The highest BCUT2D eigenvalue weighted by atomic mass is 79.9. The number of benzene rings is 1. The van der Waals surface area contributed by atoms with Crippen LogP contribution in [-0.2, 0) is 13.1 Å². The Morgan fingerprint density at radius 2 is 1.82 bits per heavy atom. The maximum atomic E-state index is 4.08. The first-order chi connectivity index (χ1) is 7.84. The van der Waals surface area contributed by atoms with E-state index in [0.717, 1.165) is 17.6 Å². The van der Waals surface area contributed by atoms with Crippen LogP contribution < -0.4 is 5.32 Å². The molecule has 0 aliphatic heterocycles. The molecule has 0 amide bonds. The van der Waals surface area contributed by atoms with E-state index in [9.17, 15) is 0 Å². The Bertz CT molecular complexity index is 448. The molecule has 1 heterocycles. The van der Waals surface area contributed by atoms with Crippen LogP contribution in [0.1, 0.15) is 11.1 Å². The van der Waals surface area contributed by atoms with Crippen molar-refractivity contribution >= 4 is 28.3 Å². The first kappa shape index (κ1) is 14.2. The molecule has 0 bridgehead atoms. The van der Waals surface area contributed by atoms with E-state index in [1.54, 1.807) is 6.20 Å². The van der Waals surface area contributed by atoms with Crippen LogP contribution in [0.2, 0.25) is 0 Å². The van der Waals surface area contributed by atoms with E-state index < -0.39 is 0 Å². The first-order valence-electron chi connectivity index (χ1n) is 5.18. The van der Waals surface area contributed by atoms with E-state index >= 15 is 0 Å². The van der Waals surface area contributed by atoms with E-state index in [1.165, 1.54) is 11.1 Å². The van der Waals surface area contributed by atoms with Crippen molar-refractivity contribution in [3.8, 4) is 0 Å². The summed E-state index contributed by atoms with van der Waals surface area (Å²) >= 11 is 3.46. The van der Waals surface area contributed by atoms with E-state index in [0.29, 0.717) is 0 Å². The average Bonchev–Trinajstić information content (AvgIpc) is 2.30. The third-order valence-corrected chi connectivity index (χ3v) is 2.76. The summed E-state index contributed by atoms with van der Waals surface area (Å²) in [6.45, 7) is 1.72. The number of halogens is 2. The Hall–Kier alpha value is -0.900. The molecule has 4 heteroatoms. The number of hydrogen-bond acceptors (Lipinski definition) is 2. The van der Waals surface area contributed by atoms with Crippen LogP contribution in [-0.4, -0.2) is 4.98 Å². The molecule has 17 heavy (non-hydrogen) atoms. The fourth-order valence-electron chi connectivity index (χ4n) is 1.50. The van der Waals surface area contributed by atoms with Gasteiger partial charge in [-0.05, 0) is 29.3 Å². The Balaban J connectivity index is 0.00000144. The lowest BCUT2D eigenvalue weighted by Gasteiger charge is -2.05. The van der Waals surface area contributed by atoms with Gasteiger partial charge in [0.05, 0.1) is 0 Å². The van der Waals surface area contributed by atoms with E-state index in [2.05, 4.69) is 44.4 Å². The SMILES string of the molecule is Brc1cccc(CNCc2cccnc2)c1.Cl. The van der Waals surface area contributed by atoms with Crippen molar-refractivity contribution in [2.75, 3.05) is 0 Å². The van der Waals surface area contributed by atoms with Crippen LogP contribution in [0.25, 0.3) is 0 Å². The number of pyridine rings is 1. The number of nitrogens with zero attached hydrogens (tertiary/aromatic N) is 1. The number of aromatic nitrogens is 1. The molecular formula is C13H14BrClN2. The Morgan fingerprint density at radius 1 is 1.06 bits per heavy atom. The molecule has 1 aromatic heterocycles. The van der Waals surface area contributed by atoms with Crippen LogP contribution in [0.3, 0.4) is 0 Å². The van der Waals surface area contributed by atoms with Gasteiger partial charge in [-0.3, -0.25) is 4.98 Å². The zero-order valence-electron chi connectivity index (χ0n) is 9.27. The average molecular weight is 314 g/mol.